The lowest BCUT2D eigenvalue weighted by Gasteiger charge is -2.02. The second-order valence-corrected chi connectivity index (χ2v) is 8.33. The molecule has 0 aliphatic rings. The van der Waals surface area contributed by atoms with Gasteiger partial charge in [0.25, 0.3) is 0 Å². The minimum atomic E-state index is -3.53. The Kier molecular flexibility index (Phi) is 5.71. The van der Waals surface area contributed by atoms with Crippen LogP contribution in [0.2, 0.25) is 0 Å². The molecule has 3 N–H and O–H groups in total. The first-order valence-corrected chi connectivity index (χ1v) is 9.65. The molecule has 0 amide bonds. The van der Waals surface area contributed by atoms with Crippen molar-refractivity contribution in [2.75, 3.05) is 13.1 Å². The zero-order valence-electron chi connectivity index (χ0n) is 11.5. The van der Waals surface area contributed by atoms with Crippen LogP contribution < -0.4 is 14.9 Å². The van der Waals surface area contributed by atoms with E-state index < -0.39 is 10.0 Å². The first-order chi connectivity index (χ1) is 10.0. The van der Waals surface area contributed by atoms with Crippen molar-refractivity contribution in [2.45, 2.75) is 24.1 Å². The third-order valence-electron chi connectivity index (χ3n) is 2.72. The summed E-state index contributed by atoms with van der Waals surface area (Å²) < 4.78 is 27.1. The van der Waals surface area contributed by atoms with E-state index in [1.54, 1.807) is 11.4 Å². The van der Waals surface area contributed by atoms with Gasteiger partial charge in [0, 0.05) is 16.0 Å². The summed E-state index contributed by atoms with van der Waals surface area (Å²) in [6.07, 6.45) is 0.811. The van der Waals surface area contributed by atoms with Gasteiger partial charge in [-0.1, -0.05) is 18.3 Å². The highest BCUT2D eigenvalue weighted by Gasteiger charge is 2.16. The zero-order chi connectivity index (χ0) is 15.3. The lowest BCUT2D eigenvalue weighted by atomic mass is 10.3. The van der Waals surface area contributed by atoms with E-state index in [0.29, 0.717) is 9.90 Å². The Labute approximate surface area is 131 Å². The Hall–Kier alpha value is -1.00. The Bertz CT molecular complexity index is 730. The molecular weight excluding hydrogens is 330 g/mol. The van der Waals surface area contributed by atoms with Crippen molar-refractivity contribution in [3.63, 3.8) is 0 Å². The number of aromatic nitrogens is 1. The predicted molar refractivity (Wildman–Crippen MR) is 85.5 cm³/mol. The number of sulfonamides is 1. The van der Waals surface area contributed by atoms with E-state index >= 15 is 0 Å². The number of likely N-dealkylation sites (N-methyl/N-ethyl adjacent to an activating group) is 1. The highest BCUT2D eigenvalue weighted by Crippen LogP contribution is 2.21. The summed E-state index contributed by atoms with van der Waals surface area (Å²) in [5.41, 5.74) is 0.567. The van der Waals surface area contributed by atoms with E-state index in [1.807, 2.05) is 13.0 Å². The normalized spacial score (nSPS) is 11.9. The van der Waals surface area contributed by atoms with E-state index in [4.69, 9.17) is 0 Å². The summed E-state index contributed by atoms with van der Waals surface area (Å²) in [7, 11) is -3.53. The SMILES string of the molecule is CCNCCc1ccc(S(=O)(=O)NCc2csc(=O)[nH]2)s1. The molecule has 0 unspecified atom stereocenters. The number of hydrogen-bond donors (Lipinski definition) is 3. The third-order valence-corrected chi connectivity index (χ3v) is 6.48. The molecule has 0 aliphatic carbocycles. The van der Waals surface area contributed by atoms with E-state index in [0.717, 1.165) is 35.7 Å². The number of nitrogens with one attached hydrogen (secondary N) is 3. The van der Waals surface area contributed by atoms with E-state index in [9.17, 15) is 13.2 Å². The van der Waals surface area contributed by atoms with E-state index in [1.165, 1.54) is 11.3 Å². The maximum absolute atomic E-state index is 12.2. The molecule has 0 bridgehead atoms. The number of H-pyrrole nitrogens is 1. The molecule has 2 aromatic rings. The van der Waals surface area contributed by atoms with E-state index in [-0.39, 0.29) is 11.4 Å². The number of thiazole rings is 1. The van der Waals surface area contributed by atoms with Crippen LogP contribution in [0.5, 0.6) is 0 Å². The molecule has 6 nitrogen and oxygen atoms in total. The Morgan fingerprint density at radius 3 is 2.81 bits per heavy atom. The van der Waals surface area contributed by atoms with Crippen molar-refractivity contribution in [1.82, 2.24) is 15.0 Å². The molecule has 0 saturated heterocycles. The van der Waals surface area contributed by atoms with Crippen LogP contribution in [0.3, 0.4) is 0 Å². The van der Waals surface area contributed by atoms with Gasteiger partial charge >= 0.3 is 4.87 Å². The maximum Gasteiger partial charge on any atom is 0.304 e. The molecule has 0 spiro atoms. The van der Waals surface area contributed by atoms with Crippen molar-refractivity contribution < 1.29 is 8.42 Å². The minimum absolute atomic E-state index is 0.0890. The molecule has 2 heterocycles. The summed E-state index contributed by atoms with van der Waals surface area (Å²) in [6, 6.07) is 3.45. The van der Waals surface area contributed by atoms with Crippen molar-refractivity contribution >= 4 is 32.7 Å². The van der Waals surface area contributed by atoms with Gasteiger partial charge in [0.05, 0.1) is 6.54 Å². The average Bonchev–Trinajstić information content (AvgIpc) is 3.06. The molecule has 0 aromatic carbocycles. The standard InChI is InChI=1S/C12H17N3O3S3/c1-2-13-6-5-10-3-4-11(20-10)21(17,18)14-7-9-8-19-12(16)15-9/h3-4,8,13-14H,2,5-7H2,1H3,(H,15,16). The topological polar surface area (TPSA) is 91.1 Å². The molecule has 0 radical (unpaired) electrons. The summed E-state index contributed by atoms with van der Waals surface area (Å²) in [6.45, 7) is 3.85. The molecule has 2 rings (SSSR count). The van der Waals surface area contributed by atoms with Crippen LogP contribution in [-0.2, 0) is 23.0 Å². The van der Waals surface area contributed by atoms with Crippen LogP contribution >= 0.6 is 22.7 Å². The second-order valence-electron chi connectivity index (χ2n) is 4.32. The van der Waals surface area contributed by atoms with Crippen LogP contribution in [0, 0.1) is 0 Å². The fraction of sp³-hybridized carbons (Fsp3) is 0.417. The Balaban J connectivity index is 1.97. The maximum atomic E-state index is 12.2. The largest absolute Gasteiger partial charge is 0.317 e. The Morgan fingerprint density at radius 2 is 2.14 bits per heavy atom. The van der Waals surface area contributed by atoms with Gasteiger partial charge in [-0.05, 0) is 31.6 Å². The fourth-order valence-electron chi connectivity index (χ4n) is 1.67. The summed E-state index contributed by atoms with van der Waals surface area (Å²) >= 11 is 2.29. The summed E-state index contributed by atoms with van der Waals surface area (Å²) in [5, 5.41) is 4.81. The molecular formula is C12H17N3O3S3. The lowest BCUT2D eigenvalue weighted by Crippen LogP contribution is -2.22. The first kappa shape index (κ1) is 16.4. The molecule has 0 saturated carbocycles. The monoisotopic (exact) mass is 347 g/mol. The third kappa shape index (κ3) is 4.75. The van der Waals surface area contributed by atoms with Gasteiger partial charge in [0.2, 0.25) is 10.0 Å². The molecule has 0 fully saturated rings. The van der Waals surface area contributed by atoms with Gasteiger partial charge in [-0.2, -0.15) is 0 Å². The summed E-state index contributed by atoms with van der Waals surface area (Å²) in [5.74, 6) is 0. The Morgan fingerprint density at radius 1 is 1.33 bits per heavy atom. The van der Waals surface area contributed by atoms with Crippen LogP contribution in [0.1, 0.15) is 17.5 Å². The highest BCUT2D eigenvalue weighted by atomic mass is 32.2. The van der Waals surface area contributed by atoms with Crippen molar-refractivity contribution in [3.05, 3.63) is 37.8 Å². The van der Waals surface area contributed by atoms with Crippen LogP contribution in [0.25, 0.3) is 0 Å². The van der Waals surface area contributed by atoms with E-state index in [2.05, 4.69) is 15.0 Å². The van der Waals surface area contributed by atoms with Crippen molar-refractivity contribution in [1.29, 1.82) is 0 Å². The molecule has 0 atom stereocenters. The van der Waals surface area contributed by atoms with Gasteiger partial charge in [-0.25, -0.2) is 13.1 Å². The molecule has 2 aromatic heterocycles. The lowest BCUT2D eigenvalue weighted by molar-refractivity contribution is 0.582. The smallest absolute Gasteiger partial charge is 0.304 e. The number of aromatic amines is 1. The summed E-state index contributed by atoms with van der Waals surface area (Å²) in [4.78, 5) is 14.4. The minimum Gasteiger partial charge on any atom is -0.317 e. The quantitative estimate of drug-likeness (QED) is 0.624. The predicted octanol–water partition coefficient (Wildman–Crippen LogP) is 1.13. The fourth-order valence-corrected chi connectivity index (χ4v) is 4.66. The number of thiophene rings is 1. The molecule has 9 heteroatoms. The van der Waals surface area contributed by atoms with Gasteiger partial charge in [0.15, 0.2) is 0 Å². The number of rotatable bonds is 8. The van der Waals surface area contributed by atoms with Crippen LogP contribution in [0.4, 0.5) is 0 Å². The van der Waals surface area contributed by atoms with Crippen molar-refractivity contribution in [2.24, 2.45) is 0 Å². The van der Waals surface area contributed by atoms with Gasteiger partial charge in [-0.15, -0.1) is 11.3 Å². The second kappa shape index (κ2) is 7.32. The zero-order valence-corrected chi connectivity index (χ0v) is 14.0. The van der Waals surface area contributed by atoms with Gasteiger partial charge in [-0.3, -0.25) is 4.79 Å². The average molecular weight is 347 g/mol. The number of hydrogen-bond acceptors (Lipinski definition) is 6. The molecule has 0 aliphatic heterocycles. The van der Waals surface area contributed by atoms with Gasteiger partial charge in [0.1, 0.15) is 4.21 Å². The van der Waals surface area contributed by atoms with Gasteiger partial charge < -0.3 is 10.3 Å². The van der Waals surface area contributed by atoms with Crippen molar-refractivity contribution in [3.8, 4) is 0 Å². The van der Waals surface area contributed by atoms with Crippen LogP contribution in [-0.4, -0.2) is 26.5 Å². The first-order valence-electron chi connectivity index (χ1n) is 6.47. The molecule has 21 heavy (non-hydrogen) atoms. The molecule has 116 valence electrons. The highest BCUT2D eigenvalue weighted by molar-refractivity contribution is 7.91. The van der Waals surface area contributed by atoms with Crippen LogP contribution in [0.15, 0.2) is 26.5 Å².